The summed E-state index contributed by atoms with van der Waals surface area (Å²) in [7, 11) is 0. The average molecular weight is 357 g/mol. The third-order valence-corrected chi connectivity index (χ3v) is 4.69. The number of ketones is 1. The maximum atomic E-state index is 13.0. The fraction of sp³-hybridized carbons (Fsp3) is 0.368. The number of allylic oxidation sites excluding steroid dienone is 2. The summed E-state index contributed by atoms with van der Waals surface area (Å²) in [6, 6.07) is 2.77. The standard InChI is InChI=1S/C19H23N3O4/c1-7-21-19(24)17(13(6)20-21)18(23)14-8-9-15(22(25)26)16(12(14)5)11(4)10(2)3/h8-9,20H,7H2,1-6H3. The summed E-state index contributed by atoms with van der Waals surface area (Å²) in [6.45, 7) is 11.1. The zero-order chi connectivity index (χ0) is 19.8. The molecule has 0 amide bonds. The number of nitro groups is 1. The van der Waals surface area contributed by atoms with Crippen LogP contribution in [0.15, 0.2) is 22.5 Å². The van der Waals surface area contributed by atoms with Crippen molar-refractivity contribution in [1.82, 2.24) is 9.78 Å². The van der Waals surface area contributed by atoms with Crippen molar-refractivity contribution in [2.75, 3.05) is 0 Å². The van der Waals surface area contributed by atoms with Crippen molar-refractivity contribution in [2.24, 2.45) is 0 Å². The van der Waals surface area contributed by atoms with E-state index < -0.39 is 10.7 Å². The number of nitrogens with zero attached hydrogens (tertiary/aromatic N) is 2. The Hall–Kier alpha value is -2.96. The van der Waals surface area contributed by atoms with Gasteiger partial charge < -0.3 is 0 Å². The van der Waals surface area contributed by atoms with Gasteiger partial charge in [0.05, 0.1) is 10.5 Å². The molecule has 2 rings (SSSR count). The first-order valence-corrected chi connectivity index (χ1v) is 8.38. The van der Waals surface area contributed by atoms with E-state index >= 15 is 0 Å². The van der Waals surface area contributed by atoms with Crippen LogP contribution in [-0.2, 0) is 6.54 Å². The molecule has 0 spiro atoms. The van der Waals surface area contributed by atoms with E-state index in [1.165, 1.54) is 16.8 Å². The Labute approximate surface area is 151 Å². The van der Waals surface area contributed by atoms with Gasteiger partial charge >= 0.3 is 0 Å². The first-order valence-electron chi connectivity index (χ1n) is 8.38. The highest BCUT2D eigenvalue weighted by atomic mass is 16.6. The van der Waals surface area contributed by atoms with Crippen LogP contribution in [0.25, 0.3) is 5.57 Å². The molecular weight excluding hydrogens is 334 g/mol. The van der Waals surface area contributed by atoms with Crippen molar-refractivity contribution in [2.45, 2.75) is 48.1 Å². The normalized spacial score (nSPS) is 10.7. The predicted octanol–water partition coefficient (Wildman–Crippen LogP) is 3.77. The lowest BCUT2D eigenvalue weighted by atomic mass is 9.90. The first kappa shape index (κ1) is 19.4. The fourth-order valence-electron chi connectivity index (χ4n) is 3.05. The Balaban J connectivity index is 2.77. The first-order chi connectivity index (χ1) is 12.1. The summed E-state index contributed by atoms with van der Waals surface area (Å²) in [5.41, 5.74) is 3.05. The largest absolute Gasteiger partial charge is 0.299 e. The lowest BCUT2D eigenvalue weighted by Gasteiger charge is -2.13. The van der Waals surface area contributed by atoms with Crippen molar-refractivity contribution in [3.8, 4) is 0 Å². The molecule has 0 aliphatic rings. The summed E-state index contributed by atoms with van der Waals surface area (Å²) in [6.07, 6.45) is 0. The molecule has 1 N–H and O–H groups in total. The molecule has 1 aromatic heterocycles. The van der Waals surface area contributed by atoms with Gasteiger partial charge in [-0.25, -0.2) is 0 Å². The molecule has 7 heteroatoms. The quantitative estimate of drug-likeness (QED) is 0.500. The molecular formula is C19H23N3O4. The maximum absolute atomic E-state index is 13.0. The van der Waals surface area contributed by atoms with Crippen molar-refractivity contribution in [3.63, 3.8) is 0 Å². The average Bonchev–Trinajstić information content (AvgIpc) is 2.86. The second kappa shape index (κ2) is 7.11. The monoisotopic (exact) mass is 357 g/mol. The van der Waals surface area contributed by atoms with Crippen molar-refractivity contribution in [3.05, 3.63) is 66.1 Å². The molecule has 0 unspecified atom stereocenters. The van der Waals surface area contributed by atoms with E-state index in [0.717, 1.165) is 11.1 Å². The molecule has 0 fully saturated rings. The molecule has 0 atom stereocenters. The van der Waals surface area contributed by atoms with E-state index in [4.69, 9.17) is 0 Å². The zero-order valence-corrected chi connectivity index (χ0v) is 15.9. The van der Waals surface area contributed by atoms with Crippen LogP contribution in [0.1, 0.15) is 60.4 Å². The number of aromatic nitrogens is 2. The highest BCUT2D eigenvalue weighted by molar-refractivity contribution is 6.11. The SMILES string of the molecule is CCn1[nH]c(C)c(C(=O)c2ccc([N+](=O)[O-])c(C(C)=C(C)C)c2C)c1=O. The van der Waals surface area contributed by atoms with Crippen molar-refractivity contribution >= 4 is 17.0 Å². The third kappa shape index (κ3) is 3.12. The van der Waals surface area contributed by atoms with Crippen LogP contribution >= 0.6 is 0 Å². The van der Waals surface area contributed by atoms with Crippen LogP contribution in [-0.4, -0.2) is 20.5 Å². The van der Waals surface area contributed by atoms with Gasteiger partial charge in [-0.1, -0.05) is 5.57 Å². The molecule has 0 saturated carbocycles. The number of hydrogen-bond donors (Lipinski definition) is 1. The van der Waals surface area contributed by atoms with Crippen molar-refractivity contribution in [1.29, 1.82) is 0 Å². The van der Waals surface area contributed by atoms with Gasteiger partial charge in [-0.15, -0.1) is 0 Å². The summed E-state index contributed by atoms with van der Waals surface area (Å²) in [5, 5.41) is 14.3. The van der Waals surface area contributed by atoms with E-state index in [1.807, 2.05) is 13.8 Å². The number of carbonyl (C=O) groups excluding carboxylic acids is 1. The summed E-state index contributed by atoms with van der Waals surface area (Å²) >= 11 is 0. The van der Waals surface area contributed by atoms with Crippen molar-refractivity contribution < 1.29 is 9.72 Å². The van der Waals surface area contributed by atoms with Crippen LogP contribution in [0.3, 0.4) is 0 Å². The molecule has 0 aliphatic carbocycles. The molecule has 1 aromatic carbocycles. The van der Waals surface area contributed by atoms with Crippen LogP contribution < -0.4 is 5.56 Å². The van der Waals surface area contributed by atoms with Gasteiger partial charge in [0.1, 0.15) is 5.56 Å². The Morgan fingerprint density at radius 3 is 2.27 bits per heavy atom. The van der Waals surface area contributed by atoms with Gasteiger partial charge in [-0.2, -0.15) is 0 Å². The summed E-state index contributed by atoms with van der Waals surface area (Å²) < 4.78 is 1.37. The van der Waals surface area contributed by atoms with Crippen LogP contribution in [0.5, 0.6) is 0 Å². The number of H-pyrrole nitrogens is 1. The van der Waals surface area contributed by atoms with E-state index in [1.54, 1.807) is 27.7 Å². The van der Waals surface area contributed by atoms with Crippen LogP contribution in [0.2, 0.25) is 0 Å². The van der Waals surface area contributed by atoms with Gasteiger partial charge in [-0.3, -0.25) is 29.5 Å². The molecule has 138 valence electrons. The molecule has 7 nitrogen and oxygen atoms in total. The van der Waals surface area contributed by atoms with Gasteiger partial charge in [0.25, 0.3) is 11.2 Å². The van der Waals surface area contributed by atoms with Gasteiger partial charge in [0.2, 0.25) is 5.78 Å². The highest BCUT2D eigenvalue weighted by Crippen LogP contribution is 2.33. The number of nitro benzene ring substituents is 1. The Bertz CT molecular complexity index is 989. The van der Waals surface area contributed by atoms with E-state index in [0.29, 0.717) is 28.9 Å². The smallest absolute Gasteiger partial charge is 0.278 e. The summed E-state index contributed by atoms with van der Waals surface area (Å²) in [4.78, 5) is 36.5. The third-order valence-electron chi connectivity index (χ3n) is 4.69. The second-order valence-electron chi connectivity index (χ2n) is 6.50. The fourth-order valence-corrected chi connectivity index (χ4v) is 3.05. The zero-order valence-electron chi connectivity index (χ0n) is 15.9. The molecule has 0 aliphatic heterocycles. The Morgan fingerprint density at radius 2 is 1.81 bits per heavy atom. The number of rotatable bonds is 5. The lowest BCUT2D eigenvalue weighted by molar-refractivity contribution is -0.385. The topological polar surface area (TPSA) is 98.0 Å². The molecule has 26 heavy (non-hydrogen) atoms. The molecule has 1 heterocycles. The minimum Gasteiger partial charge on any atom is -0.299 e. The Kier molecular flexibility index (Phi) is 5.30. The van der Waals surface area contributed by atoms with Crippen LogP contribution in [0, 0.1) is 24.0 Å². The minimum atomic E-state index is -0.450. The highest BCUT2D eigenvalue weighted by Gasteiger charge is 2.26. The molecule has 2 aromatic rings. The van der Waals surface area contributed by atoms with Gasteiger partial charge in [-0.05, 0) is 58.7 Å². The minimum absolute atomic E-state index is 0.0468. The molecule has 0 radical (unpaired) electrons. The van der Waals surface area contributed by atoms with E-state index in [2.05, 4.69) is 5.10 Å². The number of benzene rings is 1. The predicted molar refractivity (Wildman–Crippen MR) is 101 cm³/mol. The van der Waals surface area contributed by atoms with Crippen LogP contribution in [0.4, 0.5) is 5.69 Å². The lowest BCUT2D eigenvalue weighted by Crippen LogP contribution is -2.22. The number of nitrogens with one attached hydrogen (secondary N) is 1. The van der Waals surface area contributed by atoms with E-state index in [9.17, 15) is 19.7 Å². The number of carbonyl (C=O) groups is 1. The van der Waals surface area contributed by atoms with Gasteiger partial charge in [0, 0.05) is 23.9 Å². The van der Waals surface area contributed by atoms with E-state index in [-0.39, 0.29) is 16.8 Å². The molecule has 0 saturated heterocycles. The summed E-state index contributed by atoms with van der Waals surface area (Å²) in [5.74, 6) is -0.425. The number of hydrogen-bond acceptors (Lipinski definition) is 4. The van der Waals surface area contributed by atoms with Gasteiger partial charge in [0.15, 0.2) is 0 Å². The second-order valence-corrected chi connectivity index (χ2v) is 6.50. The molecule has 0 bridgehead atoms. The maximum Gasteiger partial charge on any atom is 0.278 e. The Morgan fingerprint density at radius 1 is 1.19 bits per heavy atom. The number of aryl methyl sites for hydroxylation is 2. The number of aromatic amines is 1.